The van der Waals surface area contributed by atoms with Gasteiger partial charge in [-0.2, -0.15) is 22.0 Å². The van der Waals surface area contributed by atoms with Crippen LogP contribution in [0.1, 0.15) is 39.5 Å². The van der Waals surface area contributed by atoms with Gasteiger partial charge in [-0.05, 0) is 25.0 Å². The fourth-order valence-corrected chi connectivity index (χ4v) is 1.90. The first-order valence-corrected chi connectivity index (χ1v) is 7.19. The Bertz CT molecular complexity index is 401. The topological polar surface area (TPSA) is 18.5 Å². The third-order valence-corrected chi connectivity index (χ3v) is 3.38. The summed E-state index contributed by atoms with van der Waals surface area (Å²) in [6, 6.07) is 0. The van der Waals surface area contributed by atoms with Crippen LogP contribution in [0.2, 0.25) is 0 Å². The summed E-state index contributed by atoms with van der Waals surface area (Å²) in [5.74, 6) is -18.6. The van der Waals surface area contributed by atoms with Gasteiger partial charge in [0.25, 0.3) is 5.85 Å². The molecule has 0 fully saturated rings. The van der Waals surface area contributed by atoms with Gasteiger partial charge in [0.05, 0.1) is 13.2 Å². The lowest BCUT2D eigenvalue weighted by atomic mass is 9.89. The maximum absolute atomic E-state index is 14.6. The molecule has 0 radical (unpaired) electrons. The standard InChI is InChI=1S/C14H20F6O2/c1-3-5-9-21-12(17)8-7-11(15,16)13(18,19)14(12,20)22-10-6-4-2/h7-8H,3-6,9-10H2,1-2H3. The quantitative estimate of drug-likeness (QED) is 0.361. The Morgan fingerprint density at radius 3 is 1.77 bits per heavy atom. The molecule has 1 aliphatic rings. The zero-order valence-electron chi connectivity index (χ0n) is 12.5. The van der Waals surface area contributed by atoms with Gasteiger partial charge in [-0.3, -0.25) is 0 Å². The van der Waals surface area contributed by atoms with Gasteiger partial charge < -0.3 is 9.47 Å². The average molecular weight is 334 g/mol. The van der Waals surface area contributed by atoms with Crippen LogP contribution in [0.25, 0.3) is 0 Å². The second-order valence-electron chi connectivity index (χ2n) is 5.17. The number of halogens is 6. The summed E-state index contributed by atoms with van der Waals surface area (Å²) in [6.07, 6.45) is 0.937. The summed E-state index contributed by atoms with van der Waals surface area (Å²) in [7, 11) is 0. The van der Waals surface area contributed by atoms with Gasteiger partial charge in [-0.1, -0.05) is 26.7 Å². The molecule has 0 saturated carbocycles. The zero-order valence-corrected chi connectivity index (χ0v) is 12.5. The molecule has 2 atom stereocenters. The highest BCUT2D eigenvalue weighted by atomic mass is 19.3. The maximum Gasteiger partial charge on any atom is 0.377 e. The SMILES string of the molecule is CCCCOC1(F)C=CC(F)(F)C(F)(F)C1(F)OCCCC. The van der Waals surface area contributed by atoms with Gasteiger partial charge in [0, 0.05) is 0 Å². The molecule has 22 heavy (non-hydrogen) atoms. The summed E-state index contributed by atoms with van der Waals surface area (Å²) in [5.41, 5.74) is 0. The number of unbranched alkanes of at least 4 members (excludes halogenated alkanes) is 2. The molecule has 0 aliphatic heterocycles. The summed E-state index contributed by atoms with van der Waals surface area (Å²) in [4.78, 5) is 0. The van der Waals surface area contributed by atoms with E-state index < -0.39 is 36.8 Å². The van der Waals surface area contributed by atoms with Gasteiger partial charge in [-0.25, -0.2) is 4.39 Å². The van der Waals surface area contributed by atoms with E-state index in [1.165, 1.54) is 0 Å². The second-order valence-corrected chi connectivity index (χ2v) is 5.17. The van der Waals surface area contributed by atoms with Crippen LogP contribution in [0, 0.1) is 0 Å². The van der Waals surface area contributed by atoms with E-state index in [0.717, 1.165) is 0 Å². The molecule has 2 unspecified atom stereocenters. The van der Waals surface area contributed by atoms with E-state index in [2.05, 4.69) is 9.47 Å². The van der Waals surface area contributed by atoms with E-state index in [9.17, 15) is 26.3 Å². The van der Waals surface area contributed by atoms with Crippen molar-refractivity contribution in [2.24, 2.45) is 0 Å². The van der Waals surface area contributed by atoms with Crippen molar-refractivity contribution in [1.82, 2.24) is 0 Å². The van der Waals surface area contributed by atoms with Crippen LogP contribution in [0.4, 0.5) is 26.3 Å². The van der Waals surface area contributed by atoms with E-state index in [1.54, 1.807) is 13.8 Å². The lowest BCUT2D eigenvalue weighted by Gasteiger charge is -2.45. The van der Waals surface area contributed by atoms with Gasteiger partial charge >= 0.3 is 17.7 Å². The van der Waals surface area contributed by atoms with Crippen LogP contribution in [0.15, 0.2) is 12.2 Å². The van der Waals surface area contributed by atoms with E-state index in [0.29, 0.717) is 12.8 Å². The maximum atomic E-state index is 14.6. The van der Waals surface area contributed by atoms with Crippen molar-refractivity contribution in [3.05, 3.63) is 12.2 Å². The highest BCUT2D eigenvalue weighted by Gasteiger charge is 2.81. The van der Waals surface area contributed by atoms with Crippen LogP contribution in [-0.2, 0) is 9.47 Å². The third kappa shape index (κ3) is 3.13. The highest BCUT2D eigenvalue weighted by Crippen LogP contribution is 2.56. The first-order valence-electron chi connectivity index (χ1n) is 7.19. The van der Waals surface area contributed by atoms with Gasteiger partial charge in [-0.15, -0.1) is 0 Å². The molecule has 8 heteroatoms. The molecule has 0 spiro atoms. The largest absolute Gasteiger partial charge is 0.377 e. The number of hydrogen-bond acceptors (Lipinski definition) is 2. The Labute approximate surface area is 125 Å². The molecule has 0 heterocycles. The summed E-state index contributed by atoms with van der Waals surface area (Å²) >= 11 is 0. The van der Waals surface area contributed by atoms with Crippen LogP contribution in [0.3, 0.4) is 0 Å². The monoisotopic (exact) mass is 334 g/mol. The molecule has 2 nitrogen and oxygen atoms in total. The minimum absolute atomic E-state index is 0.0218. The summed E-state index contributed by atoms with van der Waals surface area (Å²) < 4.78 is 92.4. The Kier molecular flexibility index (Phi) is 5.94. The molecule has 0 N–H and O–H groups in total. The van der Waals surface area contributed by atoms with Crippen LogP contribution in [0.5, 0.6) is 0 Å². The van der Waals surface area contributed by atoms with Gasteiger partial charge in [0.15, 0.2) is 0 Å². The first kappa shape index (κ1) is 19.3. The van der Waals surface area contributed by atoms with Crippen LogP contribution >= 0.6 is 0 Å². The predicted octanol–water partition coefficient (Wildman–Crippen LogP) is 4.79. The smallest absolute Gasteiger partial charge is 0.338 e. The highest BCUT2D eigenvalue weighted by molar-refractivity contribution is 5.24. The fraction of sp³-hybridized carbons (Fsp3) is 0.857. The van der Waals surface area contributed by atoms with Crippen LogP contribution < -0.4 is 0 Å². The van der Waals surface area contributed by atoms with Crippen molar-refractivity contribution in [3.8, 4) is 0 Å². The number of alkyl halides is 6. The first-order chi connectivity index (χ1) is 10.1. The molecule has 0 bridgehead atoms. The minimum atomic E-state index is -5.40. The molecule has 0 aromatic rings. The zero-order chi connectivity index (χ0) is 17.1. The summed E-state index contributed by atoms with van der Waals surface area (Å²) in [5, 5.41) is 0. The normalized spacial score (nSPS) is 33.1. The van der Waals surface area contributed by atoms with Crippen molar-refractivity contribution >= 4 is 0 Å². The van der Waals surface area contributed by atoms with E-state index in [4.69, 9.17) is 0 Å². The average Bonchev–Trinajstić information content (AvgIpc) is 2.44. The molecule has 0 aromatic heterocycles. The number of ether oxygens (including phenoxy) is 2. The molecule has 0 saturated heterocycles. The van der Waals surface area contributed by atoms with Crippen molar-refractivity contribution in [1.29, 1.82) is 0 Å². The molecule has 1 aliphatic carbocycles. The molecular formula is C14H20F6O2. The Morgan fingerprint density at radius 1 is 0.773 bits per heavy atom. The van der Waals surface area contributed by atoms with Crippen molar-refractivity contribution in [2.45, 2.75) is 63.1 Å². The molecule has 0 amide bonds. The number of allylic oxidation sites excluding steroid dienone is 1. The predicted molar refractivity (Wildman–Crippen MR) is 68.4 cm³/mol. The molecule has 1 rings (SSSR count). The minimum Gasteiger partial charge on any atom is -0.338 e. The lowest BCUT2D eigenvalue weighted by molar-refractivity contribution is -0.415. The molecule has 130 valence electrons. The number of rotatable bonds is 8. The second kappa shape index (κ2) is 6.78. The van der Waals surface area contributed by atoms with Crippen molar-refractivity contribution < 1.29 is 35.8 Å². The van der Waals surface area contributed by atoms with Crippen molar-refractivity contribution in [3.63, 3.8) is 0 Å². The van der Waals surface area contributed by atoms with Gasteiger partial charge in [0.1, 0.15) is 0 Å². The Morgan fingerprint density at radius 2 is 1.27 bits per heavy atom. The van der Waals surface area contributed by atoms with E-state index in [1.807, 2.05) is 0 Å². The molecule has 0 aromatic carbocycles. The van der Waals surface area contributed by atoms with Gasteiger partial charge in [0.2, 0.25) is 0 Å². The van der Waals surface area contributed by atoms with E-state index >= 15 is 0 Å². The number of hydrogen-bond donors (Lipinski definition) is 0. The summed E-state index contributed by atoms with van der Waals surface area (Å²) in [6.45, 7) is 2.34. The Hall–Kier alpha value is -0.760. The third-order valence-electron chi connectivity index (χ3n) is 3.38. The van der Waals surface area contributed by atoms with E-state index in [-0.39, 0.29) is 25.0 Å². The fourth-order valence-electron chi connectivity index (χ4n) is 1.90. The molecular weight excluding hydrogens is 314 g/mol. The van der Waals surface area contributed by atoms with Crippen molar-refractivity contribution in [2.75, 3.05) is 13.2 Å². The lowest BCUT2D eigenvalue weighted by Crippen LogP contribution is -2.69. The van der Waals surface area contributed by atoms with Crippen LogP contribution in [-0.4, -0.2) is 36.8 Å². The Balaban J connectivity index is 3.15.